The standard InChI is InChI=1S/C10H10ClN3O/c1-7-3-2-4-8(5-7)12-10-14-13-9(6-11)15-10/h2-5H,6H2,1H3,(H,12,14). The zero-order valence-electron chi connectivity index (χ0n) is 8.20. The molecule has 2 aromatic rings. The molecule has 2 rings (SSSR count). The molecule has 1 heterocycles. The van der Waals surface area contributed by atoms with Gasteiger partial charge in [-0.05, 0) is 24.6 Å². The summed E-state index contributed by atoms with van der Waals surface area (Å²) >= 11 is 5.54. The summed E-state index contributed by atoms with van der Waals surface area (Å²) in [6, 6.07) is 8.25. The number of nitrogens with one attached hydrogen (secondary N) is 1. The molecule has 1 N–H and O–H groups in total. The van der Waals surface area contributed by atoms with Crippen LogP contribution in [0.4, 0.5) is 11.7 Å². The monoisotopic (exact) mass is 223 g/mol. The van der Waals surface area contributed by atoms with Crippen molar-refractivity contribution >= 4 is 23.3 Å². The summed E-state index contributed by atoms with van der Waals surface area (Å²) in [7, 11) is 0. The molecule has 0 unspecified atom stereocenters. The molecule has 0 amide bonds. The fourth-order valence-corrected chi connectivity index (χ4v) is 1.31. The number of anilines is 2. The fourth-order valence-electron chi connectivity index (χ4n) is 1.20. The van der Waals surface area contributed by atoms with Crippen molar-refractivity contribution in [3.63, 3.8) is 0 Å². The first-order chi connectivity index (χ1) is 7.28. The van der Waals surface area contributed by atoms with Crippen LogP contribution in [0.3, 0.4) is 0 Å². The van der Waals surface area contributed by atoms with E-state index in [0.717, 1.165) is 11.3 Å². The highest BCUT2D eigenvalue weighted by Gasteiger charge is 2.04. The van der Waals surface area contributed by atoms with Crippen molar-refractivity contribution in [1.29, 1.82) is 0 Å². The predicted molar refractivity (Wildman–Crippen MR) is 58.3 cm³/mol. The first kappa shape index (κ1) is 9.98. The van der Waals surface area contributed by atoms with Gasteiger partial charge in [0, 0.05) is 5.69 Å². The van der Waals surface area contributed by atoms with Crippen molar-refractivity contribution in [3.8, 4) is 0 Å². The van der Waals surface area contributed by atoms with Gasteiger partial charge in [0.05, 0.1) is 0 Å². The van der Waals surface area contributed by atoms with Gasteiger partial charge in [0.25, 0.3) is 0 Å². The quantitative estimate of drug-likeness (QED) is 0.813. The van der Waals surface area contributed by atoms with Gasteiger partial charge >= 0.3 is 6.01 Å². The number of alkyl halides is 1. The Bertz CT molecular complexity index is 455. The number of rotatable bonds is 3. The topological polar surface area (TPSA) is 51.0 Å². The summed E-state index contributed by atoms with van der Waals surface area (Å²) in [5, 5.41) is 10.5. The van der Waals surface area contributed by atoms with Gasteiger partial charge in [0.15, 0.2) is 0 Å². The summed E-state index contributed by atoms with van der Waals surface area (Å²) in [4.78, 5) is 0. The minimum atomic E-state index is 0.225. The predicted octanol–water partition coefficient (Wildman–Crippen LogP) is 2.86. The van der Waals surface area contributed by atoms with Gasteiger partial charge in [0.2, 0.25) is 5.89 Å². The number of hydrogen-bond donors (Lipinski definition) is 1. The molecular weight excluding hydrogens is 214 g/mol. The number of nitrogens with zero attached hydrogens (tertiary/aromatic N) is 2. The van der Waals surface area contributed by atoms with Gasteiger partial charge in [0.1, 0.15) is 5.88 Å². The van der Waals surface area contributed by atoms with Gasteiger partial charge in [-0.15, -0.1) is 16.7 Å². The average molecular weight is 224 g/mol. The van der Waals surface area contributed by atoms with Crippen molar-refractivity contribution in [2.45, 2.75) is 12.8 Å². The number of aryl methyl sites for hydroxylation is 1. The Labute approximate surface area is 92.3 Å². The number of benzene rings is 1. The zero-order valence-corrected chi connectivity index (χ0v) is 8.95. The van der Waals surface area contributed by atoms with Gasteiger partial charge in [-0.3, -0.25) is 0 Å². The molecule has 0 saturated carbocycles. The van der Waals surface area contributed by atoms with E-state index in [2.05, 4.69) is 15.5 Å². The molecule has 0 saturated heterocycles. The summed E-state index contributed by atoms with van der Waals surface area (Å²) in [5.41, 5.74) is 2.08. The lowest BCUT2D eigenvalue weighted by Crippen LogP contribution is -1.90. The van der Waals surface area contributed by atoms with E-state index in [4.69, 9.17) is 16.0 Å². The van der Waals surface area contributed by atoms with E-state index < -0.39 is 0 Å². The Kier molecular flexibility index (Phi) is 2.87. The van der Waals surface area contributed by atoms with Gasteiger partial charge < -0.3 is 9.73 Å². The minimum Gasteiger partial charge on any atom is -0.407 e. The fraction of sp³-hybridized carbons (Fsp3) is 0.200. The number of halogens is 1. The molecule has 0 aliphatic carbocycles. The van der Waals surface area contributed by atoms with Crippen LogP contribution in [0.1, 0.15) is 11.5 Å². The van der Waals surface area contributed by atoms with Crippen LogP contribution in [0.25, 0.3) is 0 Å². The van der Waals surface area contributed by atoms with Gasteiger partial charge in [-0.25, -0.2) is 0 Å². The van der Waals surface area contributed by atoms with Gasteiger partial charge in [-0.2, -0.15) is 0 Å². The molecule has 0 aliphatic heterocycles. The van der Waals surface area contributed by atoms with E-state index in [1.165, 1.54) is 0 Å². The van der Waals surface area contributed by atoms with Crippen molar-refractivity contribution < 1.29 is 4.42 Å². The Morgan fingerprint density at radius 1 is 1.40 bits per heavy atom. The van der Waals surface area contributed by atoms with Crippen molar-refractivity contribution in [2.75, 3.05) is 5.32 Å². The van der Waals surface area contributed by atoms with Crippen LogP contribution >= 0.6 is 11.6 Å². The number of aromatic nitrogens is 2. The van der Waals surface area contributed by atoms with E-state index in [0.29, 0.717) is 11.9 Å². The van der Waals surface area contributed by atoms with Crippen LogP contribution in [0.5, 0.6) is 0 Å². The third-order valence-corrected chi connectivity index (χ3v) is 2.08. The molecule has 0 bridgehead atoms. The molecule has 4 nitrogen and oxygen atoms in total. The van der Waals surface area contributed by atoms with E-state index in [1.807, 2.05) is 31.2 Å². The maximum atomic E-state index is 5.54. The lowest BCUT2D eigenvalue weighted by Gasteiger charge is -2.01. The van der Waals surface area contributed by atoms with Crippen LogP contribution < -0.4 is 5.32 Å². The molecule has 78 valence electrons. The van der Waals surface area contributed by atoms with Crippen LogP contribution in [-0.2, 0) is 5.88 Å². The lowest BCUT2D eigenvalue weighted by molar-refractivity contribution is 0.530. The van der Waals surface area contributed by atoms with Gasteiger partial charge in [-0.1, -0.05) is 17.2 Å². The first-order valence-electron chi connectivity index (χ1n) is 4.50. The smallest absolute Gasteiger partial charge is 0.320 e. The molecule has 1 aromatic carbocycles. The molecule has 0 fully saturated rings. The van der Waals surface area contributed by atoms with E-state index in [-0.39, 0.29) is 5.88 Å². The molecule has 15 heavy (non-hydrogen) atoms. The Morgan fingerprint density at radius 3 is 2.93 bits per heavy atom. The molecule has 0 radical (unpaired) electrons. The lowest BCUT2D eigenvalue weighted by atomic mass is 10.2. The summed E-state index contributed by atoms with van der Waals surface area (Å²) in [6.45, 7) is 2.02. The summed E-state index contributed by atoms with van der Waals surface area (Å²) < 4.78 is 5.21. The van der Waals surface area contributed by atoms with E-state index in [9.17, 15) is 0 Å². The zero-order chi connectivity index (χ0) is 10.7. The van der Waals surface area contributed by atoms with Crippen molar-refractivity contribution in [3.05, 3.63) is 35.7 Å². The van der Waals surface area contributed by atoms with Crippen LogP contribution in [0.15, 0.2) is 28.7 Å². The van der Waals surface area contributed by atoms with E-state index >= 15 is 0 Å². The molecule has 0 aliphatic rings. The average Bonchev–Trinajstić information content (AvgIpc) is 2.65. The molecule has 5 heteroatoms. The van der Waals surface area contributed by atoms with Crippen molar-refractivity contribution in [1.82, 2.24) is 10.2 Å². The molecule has 0 spiro atoms. The molecular formula is C10H10ClN3O. The maximum absolute atomic E-state index is 5.54. The van der Waals surface area contributed by atoms with Crippen LogP contribution in [-0.4, -0.2) is 10.2 Å². The van der Waals surface area contributed by atoms with Crippen LogP contribution in [0, 0.1) is 6.92 Å². The van der Waals surface area contributed by atoms with Crippen molar-refractivity contribution in [2.24, 2.45) is 0 Å². The van der Waals surface area contributed by atoms with Crippen LogP contribution in [0.2, 0.25) is 0 Å². The summed E-state index contributed by atoms with van der Waals surface area (Å²) in [5.74, 6) is 0.634. The second kappa shape index (κ2) is 4.31. The highest BCUT2D eigenvalue weighted by atomic mass is 35.5. The minimum absolute atomic E-state index is 0.225. The van der Waals surface area contributed by atoms with E-state index in [1.54, 1.807) is 0 Å². The SMILES string of the molecule is Cc1cccc(Nc2nnc(CCl)o2)c1. The first-order valence-corrected chi connectivity index (χ1v) is 5.03. The maximum Gasteiger partial charge on any atom is 0.320 e. The Hall–Kier alpha value is -1.55. The Morgan fingerprint density at radius 2 is 2.27 bits per heavy atom. The third kappa shape index (κ3) is 2.47. The normalized spacial score (nSPS) is 10.3. The second-order valence-electron chi connectivity index (χ2n) is 3.13. The third-order valence-electron chi connectivity index (χ3n) is 1.85. The largest absolute Gasteiger partial charge is 0.407 e. The molecule has 0 atom stereocenters. The summed E-state index contributed by atoms with van der Waals surface area (Å²) in [6.07, 6.45) is 0. The number of hydrogen-bond acceptors (Lipinski definition) is 4. The Balaban J connectivity index is 2.14. The highest BCUT2D eigenvalue weighted by molar-refractivity contribution is 6.16. The molecule has 1 aromatic heterocycles. The second-order valence-corrected chi connectivity index (χ2v) is 3.40. The highest BCUT2D eigenvalue weighted by Crippen LogP contribution is 2.16.